The van der Waals surface area contributed by atoms with Gasteiger partial charge in [0.05, 0.1) is 6.54 Å². The summed E-state index contributed by atoms with van der Waals surface area (Å²) >= 11 is 1.86. The summed E-state index contributed by atoms with van der Waals surface area (Å²) in [5.41, 5.74) is 1.24. The fraction of sp³-hybridized carbons (Fsp3) is 0.462. The molecule has 2 aromatic carbocycles. The smallest absolute Gasteiger partial charge is 0.333 e. The van der Waals surface area contributed by atoms with Gasteiger partial charge in [-0.3, -0.25) is 0 Å². The Balaban J connectivity index is 1.90. The van der Waals surface area contributed by atoms with Crippen LogP contribution in [0.15, 0.2) is 48.5 Å². The highest BCUT2D eigenvalue weighted by molar-refractivity contribution is 7.99. The third-order valence-corrected chi connectivity index (χ3v) is 6.32. The standard InChI is InChI=1S/C26H35FN2O5S/c1-3-16-35-17-6-13-29(26(32)28-22-8-5-7-21(27)19-22)14-15-34-23-11-9-20(10-12-23)18-24(25(30)31)33-4-2/h5,7-12,19,24H,3-4,6,13-18H2,1-2H3,(H,28,32)(H,30,31). The van der Waals surface area contributed by atoms with Gasteiger partial charge in [0.15, 0.2) is 6.10 Å². The lowest BCUT2D eigenvalue weighted by atomic mass is 10.1. The van der Waals surface area contributed by atoms with Crippen molar-refractivity contribution in [1.82, 2.24) is 4.90 Å². The maximum Gasteiger partial charge on any atom is 0.333 e. The molecule has 35 heavy (non-hydrogen) atoms. The maximum atomic E-state index is 13.5. The van der Waals surface area contributed by atoms with Gasteiger partial charge in [0.2, 0.25) is 0 Å². The van der Waals surface area contributed by atoms with E-state index < -0.39 is 17.9 Å². The Morgan fingerprint density at radius 2 is 1.89 bits per heavy atom. The zero-order valence-corrected chi connectivity index (χ0v) is 21.2. The number of hydrogen-bond donors (Lipinski definition) is 2. The summed E-state index contributed by atoms with van der Waals surface area (Å²) in [5.74, 6) is 1.27. The fourth-order valence-corrected chi connectivity index (χ4v) is 4.14. The fourth-order valence-electron chi connectivity index (χ4n) is 3.32. The van der Waals surface area contributed by atoms with Gasteiger partial charge in [-0.05, 0) is 67.2 Å². The van der Waals surface area contributed by atoms with Crippen molar-refractivity contribution < 1.29 is 28.6 Å². The molecule has 0 aliphatic rings. The molecule has 0 aliphatic carbocycles. The molecule has 2 N–H and O–H groups in total. The molecule has 0 bridgehead atoms. The second-order valence-corrected chi connectivity index (χ2v) is 9.10. The molecule has 2 aromatic rings. The number of aliphatic carboxylic acids is 1. The Labute approximate surface area is 211 Å². The zero-order valence-electron chi connectivity index (χ0n) is 20.4. The number of carboxylic acid groups (broad SMARTS) is 1. The van der Waals surface area contributed by atoms with Crippen LogP contribution in [0.5, 0.6) is 5.75 Å². The molecule has 0 saturated heterocycles. The van der Waals surface area contributed by atoms with Gasteiger partial charge in [0.25, 0.3) is 0 Å². The molecule has 0 heterocycles. The van der Waals surface area contributed by atoms with Gasteiger partial charge in [-0.15, -0.1) is 0 Å². The monoisotopic (exact) mass is 506 g/mol. The molecular formula is C26H35FN2O5S. The van der Waals surface area contributed by atoms with Gasteiger partial charge in [-0.25, -0.2) is 14.0 Å². The summed E-state index contributed by atoms with van der Waals surface area (Å²) in [5, 5.41) is 12.0. The summed E-state index contributed by atoms with van der Waals surface area (Å²) < 4.78 is 24.6. The first-order valence-corrected chi connectivity index (χ1v) is 13.0. The summed E-state index contributed by atoms with van der Waals surface area (Å²) in [4.78, 5) is 25.8. The van der Waals surface area contributed by atoms with E-state index in [1.165, 1.54) is 12.1 Å². The molecule has 1 atom stereocenters. The average molecular weight is 507 g/mol. The third-order valence-electron chi connectivity index (χ3n) is 5.05. The van der Waals surface area contributed by atoms with E-state index in [2.05, 4.69) is 12.2 Å². The van der Waals surface area contributed by atoms with Crippen molar-refractivity contribution in [2.75, 3.05) is 43.1 Å². The molecule has 1 unspecified atom stereocenters. The maximum absolute atomic E-state index is 13.5. The molecule has 0 radical (unpaired) electrons. The number of benzene rings is 2. The second-order valence-electron chi connectivity index (χ2n) is 7.87. The van der Waals surface area contributed by atoms with Crippen LogP contribution < -0.4 is 10.1 Å². The van der Waals surface area contributed by atoms with Gasteiger partial charge in [-0.2, -0.15) is 11.8 Å². The number of amides is 2. The molecule has 0 spiro atoms. The first-order chi connectivity index (χ1) is 16.9. The Bertz CT molecular complexity index is 913. The number of anilines is 1. The number of thioether (sulfide) groups is 1. The van der Waals surface area contributed by atoms with Crippen LogP contribution in [0.1, 0.15) is 32.3 Å². The number of ether oxygens (including phenoxy) is 2. The number of carbonyl (C=O) groups is 2. The van der Waals surface area contributed by atoms with Crippen molar-refractivity contribution in [3.63, 3.8) is 0 Å². The molecule has 0 aliphatic heterocycles. The number of rotatable bonds is 16. The minimum Gasteiger partial charge on any atom is -0.492 e. The lowest BCUT2D eigenvalue weighted by Crippen LogP contribution is -2.38. The van der Waals surface area contributed by atoms with Crippen LogP contribution in [-0.2, 0) is 16.0 Å². The highest BCUT2D eigenvalue weighted by atomic mass is 32.2. The van der Waals surface area contributed by atoms with Gasteiger partial charge in [0.1, 0.15) is 18.2 Å². The minimum absolute atomic E-state index is 0.271. The van der Waals surface area contributed by atoms with Crippen LogP contribution in [0.3, 0.4) is 0 Å². The molecule has 2 amide bonds. The van der Waals surface area contributed by atoms with E-state index in [9.17, 15) is 19.1 Å². The number of nitrogens with one attached hydrogen (secondary N) is 1. The highest BCUT2D eigenvalue weighted by Gasteiger charge is 2.18. The Hall–Kier alpha value is -2.78. The van der Waals surface area contributed by atoms with Crippen molar-refractivity contribution in [1.29, 1.82) is 0 Å². The average Bonchev–Trinajstić information content (AvgIpc) is 2.83. The molecule has 0 aromatic heterocycles. The van der Waals surface area contributed by atoms with E-state index in [1.54, 1.807) is 36.1 Å². The zero-order chi connectivity index (χ0) is 25.5. The van der Waals surface area contributed by atoms with Crippen molar-refractivity contribution in [3.8, 4) is 5.75 Å². The number of urea groups is 1. The first kappa shape index (κ1) is 28.5. The van der Waals surface area contributed by atoms with Gasteiger partial charge < -0.3 is 24.8 Å². The highest BCUT2D eigenvalue weighted by Crippen LogP contribution is 2.15. The Kier molecular flexibility index (Phi) is 13.0. The second kappa shape index (κ2) is 16.0. The summed E-state index contributed by atoms with van der Waals surface area (Å²) in [6.45, 7) is 5.45. The van der Waals surface area contributed by atoms with E-state index in [1.807, 2.05) is 23.9 Å². The van der Waals surface area contributed by atoms with E-state index in [4.69, 9.17) is 9.47 Å². The van der Waals surface area contributed by atoms with Gasteiger partial charge in [0, 0.05) is 25.3 Å². The predicted octanol–water partition coefficient (Wildman–Crippen LogP) is 5.30. The lowest BCUT2D eigenvalue weighted by Gasteiger charge is -2.23. The van der Waals surface area contributed by atoms with E-state index in [-0.39, 0.29) is 19.1 Å². The summed E-state index contributed by atoms with van der Waals surface area (Å²) in [7, 11) is 0. The van der Waals surface area contributed by atoms with Crippen LogP contribution in [0.2, 0.25) is 0 Å². The largest absolute Gasteiger partial charge is 0.492 e. The molecule has 192 valence electrons. The van der Waals surface area contributed by atoms with Gasteiger partial charge >= 0.3 is 12.0 Å². The van der Waals surface area contributed by atoms with Crippen molar-refractivity contribution >= 4 is 29.4 Å². The van der Waals surface area contributed by atoms with Crippen LogP contribution in [0.25, 0.3) is 0 Å². The summed E-state index contributed by atoms with van der Waals surface area (Å²) in [6.07, 6.45) is 1.35. The predicted molar refractivity (Wildman–Crippen MR) is 138 cm³/mol. The first-order valence-electron chi connectivity index (χ1n) is 11.9. The van der Waals surface area contributed by atoms with Crippen LogP contribution in [0, 0.1) is 5.82 Å². The van der Waals surface area contributed by atoms with E-state index in [0.29, 0.717) is 31.1 Å². The van der Waals surface area contributed by atoms with E-state index >= 15 is 0 Å². The number of hydrogen-bond acceptors (Lipinski definition) is 5. The molecule has 0 fully saturated rings. The van der Waals surface area contributed by atoms with Crippen molar-refractivity contribution in [2.45, 2.75) is 39.2 Å². The number of carbonyl (C=O) groups excluding carboxylic acids is 1. The number of halogens is 1. The van der Waals surface area contributed by atoms with Crippen LogP contribution in [-0.4, -0.2) is 65.9 Å². The normalized spacial score (nSPS) is 11.6. The molecule has 0 saturated carbocycles. The Morgan fingerprint density at radius 1 is 1.11 bits per heavy atom. The third kappa shape index (κ3) is 11.0. The van der Waals surface area contributed by atoms with E-state index in [0.717, 1.165) is 29.9 Å². The van der Waals surface area contributed by atoms with Crippen LogP contribution >= 0.6 is 11.8 Å². The quantitative estimate of drug-likeness (QED) is 0.300. The summed E-state index contributed by atoms with van der Waals surface area (Å²) in [6, 6.07) is 12.7. The minimum atomic E-state index is -0.989. The molecule has 2 rings (SSSR count). The molecular weight excluding hydrogens is 471 g/mol. The number of carboxylic acids is 1. The van der Waals surface area contributed by atoms with Crippen LogP contribution in [0.4, 0.5) is 14.9 Å². The SMILES string of the molecule is CCCSCCCN(CCOc1ccc(CC(OCC)C(=O)O)cc1)C(=O)Nc1cccc(F)c1. The Morgan fingerprint density at radius 3 is 2.54 bits per heavy atom. The number of nitrogens with zero attached hydrogens (tertiary/aromatic N) is 1. The molecule has 9 heteroatoms. The van der Waals surface area contributed by atoms with Crippen molar-refractivity contribution in [2.24, 2.45) is 0 Å². The topological polar surface area (TPSA) is 88.1 Å². The lowest BCUT2D eigenvalue weighted by molar-refractivity contribution is -0.149. The van der Waals surface area contributed by atoms with Gasteiger partial charge in [-0.1, -0.05) is 25.1 Å². The van der Waals surface area contributed by atoms with Crippen molar-refractivity contribution in [3.05, 3.63) is 59.9 Å². The molecule has 7 nitrogen and oxygen atoms in total.